The van der Waals surface area contributed by atoms with Gasteiger partial charge in [0.05, 0.1) is 21.2 Å². The minimum Gasteiger partial charge on any atom is -0.326 e. The van der Waals surface area contributed by atoms with Gasteiger partial charge in [0.2, 0.25) is 11.8 Å². The summed E-state index contributed by atoms with van der Waals surface area (Å²) in [5.74, 6) is -0.308. The average Bonchev–Trinajstić information content (AvgIpc) is 3.05. The summed E-state index contributed by atoms with van der Waals surface area (Å²) < 4.78 is 2.03. The normalized spacial score (nSPS) is 16.2. The summed E-state index contributed by atoms with van der Waals surface area (Å²) in [5, 5.41) is 5.33. The molecule has 1 unspecified atom stereocenters. The summed E-state index contributed by atoms with van der Waals surface area (Å²) in [6.07, 6.45) is 2.12. The Balaban J connectivity index is 1.45. The molecular weight excluding hydrogens is 386 g/mol. The first kappa shape index (κ1) is 17.4. The number of para-hydroxylation sites is 1. The van der Waals surface area contributed by atoms with Crippen molar-refractivity contribution in [3.63, 3.8) is 0 Å². The van der Waals surface area contributed by atoms with Gasteiger partial charge >= 0.3 is 0 Å². The van der Waals surface area contributed by atoms with Crippen LogP contribution in [-0.2, 0) is 9.59 Å². The van der Waals surface area contributed by atoms with Crippen LogP contribution in [0, 0.1) is 0 Å². The van der Waals surface area contributed by atoms with E-state index in [4.69, 9.17) is 0 Å². The van der Waals surface area contributed by atoms with Crippen molar-refractivity contribution >= 4 is 68.3 Å². The Kier molecular flexibility index (Phi) is 4.88. The largest absolute Gasteiger partial charge is 0.326 e. The first-order valence-electron chi connectivity index (χ1n) is 7.93. The summed E-state index contributed by atoms with van der Waals surface area (Å²) in [6, 6.07) is 13.3. The minimum absolute atomic E-state index is 0.127. The third kappa shape index (κ3) is 3.58. The van der Waals surface area contributed by atoms with Gasteiger partial charge in [-0.05, 0) is 36.6 Å². The van der Waals surface area contributed by atoms with E-state index in [1.165, 1.54) is 11.8 Å². The predicted molar refractivity (Wildman–Crippen MR) is 109 cm³/mol. The zero-order valence-electron chi connectivity index (χ0n) is 13.8. The van der Waals surface area contributed by atoms with Gasteiger partial charge in [-0.15, -0.1) is 23.1 Å². The van der Waals surface area contributed by atoms with Gasteiger partial charge in [-0.2, -0.15) is 0 Å². The monoisotopic (exact) mass is 401 g/mol. The number of anilines is 2. The number of hydrogen-bond donors (Lipinski definition) is 2. The number of amides is 2. The molecule has 3 aromatic rings. The standard InChI is InChI=1S/C18H15N3O2S3/c1-24-18-21-12-7-6-10(8-14(12)26-18)19-16(22)9-15-17(23)20-11-4-2-3-5-13(11)25-15/h2-8,15H,9H2,1H3,(H,19,22)(H,20,23). The number of nitrogens with zero attached hydrogens (tertiary/aromatic N) is 1. The van der Waals surface area contributed by atoms with E-state index in [0.29, 0.717) is 0 Å². The quantitative estimate of drug-likeness (QED) is 0.632. The second-order valence-corrected chi connectivity index (χ2v) is 9.04. The molecule has 1 aliphatic heterocycles. The molecule has 2 amide bonds. The van der Waals surface area contributed by atoms with Gasteiger partial charge in [0.15, 0.2) is 4.34 Å². The van der Waals surface area contributed by atoms with Gasteiger partial charge in [0.1, 0.15) is 0 Å². The van der Waals surface area contributed by atoms with E-state index in [2.05, 4.69) is 15.6 Å². The van der Waals surface area contributed by atoms with Crippen molar-refractivity contribution in [2.24, 2.45) is 0 Å². The smallest absolute Gasteiger partial charge is 0.238 e. The Morgan fingerprint density at radius 1 is 1.31 bits per heavy atom. The molecule has 1 aromatic heterocycles. The molecule has 0 spiro atoms. The lowest BCUT2D eigenvalue weighted by atomic mass is 10.2. The third-order valence-corrected chi connectivity index (χ3v) is 7.18. The van der Waals surface area contributed by atoms with Crippen LogP contribution in [0.4, 0.5) is 11.4 Å². The number of aromatic nitrogens is 1. The fraction of sp³-hybridized carbons (Fsp3) is 0.167. The maximum absolute atomic E-state index is 12.4. The number of fused-ring (bicyclic) bond motifs is 2. The lowest BCUT2D eigenvalue weighted by Crippen LogP contribution is -2.32. The van der Waals surface area contributed by atoms with E-state index < -0.39 is 5.25 Å². The molecule has 0 bridgehead atoms. The zero-order chi connectivity index (χ0) is 18.1. The molecule has 0 aliphatic carbocycles. The molecule has 2 heterocycles. The van der Waals surface area contributed by atoms with Crippen LogP contribution in [0.25, 0.3) is 10.2 Å². The van der Waals surface area contributed by atoms with Gasteiger partial charge < -0.3 is 10.6 Å². The highest BCUT2D eigenvalue weighted by Crippen LogP contribution is 2.37. The summed E-state index contributed by atoms with van der Waals surface area (Å²) in [4.78, 5) is 30.1. The number of rotatable bonds is 4. The summed E-state index contributed by atoms with van der Waals surface area (Å²) in [6.45, 7) is 0. The first-order chi connectivity index (χ1) is 12.6. The molecule has 0 saturated heterocycles. The number of benzene rings is 2. The van der Waals surface area contributed by atoms with Gasteiger partial charge in [-0.25, -0.2) is 4.98 Å². The highest BCUT2D eigenvalue weighted by Gasteiger charge is 2.28. The molecular formula is C18H15N3O2S3. The van der Waals surface area contributed by atoms with Crippen molar-refractivity contribution in [3.8, 4) is 0 Å². The van der Waals surface area contributed by atoms with E-state index in [-0.39, 0.29) is 18.2 Å². The van der Waals surface area contributed by atoms with Crippen molar-refractivity contribution in [1.29, 1.82) is 0 Å². The van der Waals surface area contributed by atoms with E-state index in [0.717, 1.165) is 30.8 Å². The van der Waals surface area contributed by atoms with E-state index in [1.807, 2.05) is 48.7 Å². The molecule has 0 fully saturated rings. The highest BCUT2D eigenvalue weighted by atomic mass is 32.2. The van der Waals surface area contributed by atoms with Crippen LogP contribution in [0.15, 0.2) is 51.7 Å². The number of hydrogen-bond acceptors (Lipinski definition) is 6. The predicted octanol–water partition coefficient (Wildman–Crippen LogP) is 4.46. The molecule has 5 nitrogen and oxygen atoms in total. The van der Waals surface area contributed by atoms with Gasteiger partial charge in [0.25, 0.3) is 0 Å². The number of carbonyl (C=O) groups is 2. The Hall–Kier alpha value is -2.03. The van der Waals surface area contributed by atoms with Gasteiger partial charge in [0, 0.05) is 17.0 Å². The van der Waals surface area contributed by atoms with Crippen LogP contribution in [0.2, 0.25) is 0 Å². The SMILES string of the molecule is CSc1nc2ccc(NC(=O)CC3Sc4ccccc4NC3=O)cc2s1. The summed E-state index contributed by atoms with van der Waals surface area (Å²) >= 11 is 4.63. The molecule has 1 atom stereocenters. The molecule has 2 N–H and O–H groups in total. The van der Waals surface area contributed by atoms with Crippen molar-refractivity contribution in [1.82, 2.24) is 4.98 Å². The molecule has 26 heavy (non-hydrogen) atoms. The van der Waals surface area contributed by atoms with Crippen molar-refractivity contribution < 1.29 is 9.59 Å². The fourth-order valence-electron chi connectivity index (χ4n) is 2.68. The highest BCUT2D eigenvalue weighted by molar-refractivity contribution is 8.01. The van der Waals surface area contributed by atoms with Crippen LogP contribution < -0.4 is 10.6 Å². The van der Waals surface area contributed by atoms with Crippen molar-refractivity contribution in [3.05, 3.63) is 42.5 Å². The molecule has 1 aliphatic rings. The maximum atomic E-state index is 12.4. The number of nitrogens with one attached hydrogen (secondary N) is 2. The van der Waals surface area contributed by atoms with Crippen LogP contribution in [0.1, 0.15) is 6.42 Å². The van der Waals surface area contributed by atoms with Crippen LogP contribution in [0.5, 0.6) is 0 Å². The summed E-state index contributed by atoms with van der Waals surface area (Å²) in [7, 11) is 0. The van der Waals surface area contributed by atoms with Crippen molar-refractivity contribution in [2.45, 2.75) is 20.9 Å². The summed E-state index contributed by atoms with van der Waals surface area (Å²) in [5.41, 5.74) is 2.45. The topological polar surface area (TPSA) is 71.1 Å². The third-order valence-electron chi connectivity index (χ3n) is 3.90. The lowest BCUT2D eigenvalue weighted by Gasteiger charge is -2.23. The number of thiazole rings is 1. The molecule has 8 heteroatoms. The number of carbonyl (C=O) groups excluding carboxylic acids is 2. The Morgan fingerprint density at radius 3 is 3.00 bits per heavy atom. The Morgan fingerprint density at radius 2 is 2.15 bits per heavy atom. The zero-order valence-corrected chi connectivity index (χ0v) is 16.3. The molecule has 0 radical (unpaired) electrons. The van der Waals surface area contributed by atoms with E-state index in [1.54, 1.807) is 23.1 Å². The Bertz CT molecular complexity index is 1000. The molecule has 4 rings (SSSR count). The second kappa shape index (κ2) is 7.30. The van der Waals surface area contributed by atoms with E-state index >= 15 is 0 Å². The Labute approximate surface area is 163 Å². The second-order valence-electron chi connectivity index (χ2n) is 5.71. The van der Waals surface area contributed by atoms with Gasteiger partial charge in [-0.1, -0.05) is 23.9 Å². The average molecular weight is 402 g/mol. The fourth-order valence-corrected chi connectivity index (χ4v) is 5.31. The van der Waals surface area contributed by atoms with Crippen LogP contribution in [0.3, 0.4) is 0 Å². The first-order valence-corrected chi connectivity index (χ1v) is 10.9. The van der Waals surface area contributed by atoms with Crippen LogP contribution >= 0.6 is 34.9 Å². The van der Waals surface area contributed by atoms with Crippen molar-refractivity contribution in [2.75, 3.05) is 16.9 Å². The van der Waals surface area contributed by atoms with E-state index in [9.17, 15) is 9.59 Å². The molecule has 132 valence electrons. The van der Waals surface area contributed by atoms with Gasteiger partial charge in [-0.3, -0.25) is 9.59 Å². The maximum Gasteiger partial charge on any atom is 0.238 e. The molecule has 2 aromatic carbocycles. The molecule has 0 saturated carbocycles. The van der Waals surface area contributed by atoms with Crippen LogP contribution in [-0.4, -0.2) is 28.3 Å². The number of thioether (sulfide) groups is 2. The minimum atomic E-state index is -0.430. The lowest BCUT2D eigenvalue weighted by molar-refractivity contribution is -0.120.